The van der Waals surface area contributed by atoms with E-state index in [1.165, 1.54) is 109 Å². The zero-order valence-corrected chi connectivity index (χ0v) is 63.7. The number of carbonyl (C=O) groups excluding carboxylic acids is 4. The highest BCUT2D eigenvalue weighted by atomic mass is 31.2. The largest absolute Gasteiger partial charge is 0.472 e. The molecule has 0 radical (unpaired) electrons. The Hall–Kier alpha value is -3.76. The van der Waals surface area contributed by atoms with Crippen molar-refractivity contribution in [3.63, 3.8) is 0 Å². The lowest BCUT2D eigenvalue weighted by molar-refractivity contribution is -0.161. The van der Waals surface area contributed by atoms with Crippen molar-refractivity contribution in [1.29, 1.82) is 0 Å². The first-order chi connectivity index (χ1) is 47.7. The van der Waals surface area contributed by atoms with E-state index in [-0.39, 0.29) is 25.7 Å². The van der Waals surface area contributed by atoms with E-state index in [2.05, 4.69) is 113 Å². The molecule has 0 aromatic carbocycles. The fourth-order valence-electron chi connectivity index (χ4n) is 10.5. The number of ether oxygens (including phenoxy) is 4. The molecule has 568 valence electrons. The average Bonchev–Trinajstić information content (AvgIpc) is 0.983. The van der Waals surface area contributed by atoms with Crippen molar-refractivity contribution in [2.75, 3.05) is 39.6 Å². The van der Waals surface area contributed by atoms with Crippen LogP contribution in [0.2, 0.25) is 0 Å². The zero-order chi connectivity index (χ0) is 71.8. The predicted molar refractivity (Wildman–Crippen MR) is 399 cm³/mol. The number of esters is 4. The van der Waals surface area contributed by atoms with Gasteiger partial charge in [0, 0.05) is 25.7 Å². The number of rotatable bonds is 73. The van der Waals surface area contributed by atoms with Gasteiger partial charge in [0.25, 0.3) is 0 Å². The molecular weight excluding hydrogens is 1280 g/mol. The van der Waals surface area contributed by atoms with Gasteiger partial charge in [-0.3, -0.25) is 37.3 Å². The summed E-state index contributed by atoms with van der Waals surface area (Å²) in [5, 5.41) is 10.6. The molecule has 0 bridgehead atoms. The summed E-state index contributed by atoms with van der Waals surface area (Å²) >= 11 is 0. The first-order valence-corrected chi connectivity index (χ1v) is 41.8. The van der Waals surface area contributed by atoms with Crippen LogP contribution in [0.3, 0.4) is 0 Å². The quantitative estimate of drug-likeness (QED) is 0.0169. The molecular formula is C79H140O17P2. The fourth-order valence-corrected chi connectivity index (χ4v) is 12.0. The lowest BCUT2D eigenvalue weighted by Crippen LogP contribution is -2.30. The van der Waals surface area contributed by atoms with Crippen molar-refractivity contribution in [3.8, 4) is 0 Å². The maximum atomic E-state index is 13.1. The van der Waals surface area contributed by atoms with E-state index in [1.807, 2.05) is 0 Å². The van der Waals surface area contributed by atoms with Crippen molar-refractivity contribution in [3.05, 3.63) is 85.1 Å². The number of unbranched alkanes of at least 4 members (excludes halogenated alkanes) is 33. The Labute approximate surface area is 595 Å². The Kier molecular flexibility index (Phi) is 68.9. The molecule has 0 saturated carbocycles. The van der Waals surface area contributed by atoms with Crippen LogP contribution in [-0.4, -0.2) is 96.7 Å². The molecule has 0 rings (SSSR count). The van der Waals surface area contributed by atoms with E-state index < -0.39 is 97.5 Å². The Morgan fingerprint density at radius 2 is 0.531 bits per heavy atom. The molecule has 98 heavy (non-hydrogen) atoms. The lowest BCUT2D eigenvalue weighted by Gasteiger charge is -2.21. The van der Waals surface area contributed by atoms with E-state index in [9.17, 15) is 43.2 Å². The second-order valence-corrected chi connectivity index (χ2v) is 28.8. The summed E-state index contributed by atoms with van der Waals surface area (Å²) in [5.74, 6) is -2.21. The van der Waals surface area contributed by atoms with Crippen LogP contribution >= 0.6 is 15.6 Å². The van der Waals surface area contributed by atoms with Crippen LogP contribution in [0.15, 0.2) is 85.1 Å². The minimum Gasteiger partial charge on any atom is -0.462 e. The summed E-state index contributed by atoms with van der Waals surface area (Å²) < 4.78 is 68.4. The third kappa shape index (κ3) is 70.7. The molecule has 0 fully saturated rings. The number of phosphoric ester groups is 2. The van der Waals surface area contributed by atoms with Crippen LogP contribution in [0.4, 0.5) is 0 Å². The number of aliphatic hydroxyl groups is 1. The molecule has 0 spiro atoms. The highest BCUT2D eigenvalue weighted by molar-refractivity contribution is 7.47. The maximum Gasteiger partial charge on any atom is 0.472 e. The van der Waals surface area contributed by atoms with E-state index in [1.54, 1.807) is 0 Å². The summed E-state index contributed by atoms with van der Waals surface area (Å²) in [7, 11) is -9.95. The van der Waals surface area contributed by atoms with E-state index in [4.69, 9.17) is 37.0 Å². The molecule has 0 aliphatic carbocycles. The number of aliphatic hydroxyl groups excluding tert-OH is 1. The van der Waals surface area contributed by atoms with E-state index >= 15 is 0 Å². The molecule has 5 unspecified atom stereocenters. The van der Waals surface area contributed by atoms with Crippen molar-refractivity contribution in [2.45, 2.75) is 354 Å². The molecule has 0 amide bonds. The van der Waals surface area contributed by atoms with E-state index in [0.29, 0.717) is 25.7 Å². The average molecular weight is 1420 g/mol. The van der Waals surface area contributed by atoms with Gasteiger partial charge in [0.1, 0.15) is 19.3 Å². The molecule has 19 heteroatoms. The molecule has 0 aliphatic rings. The number of allylic oxidation sites excluding steroid dienone is 14. The summed E-state index contributed by atoms with van der Waals surface area (Å²) in [6, 6.07) is 0. The Morgan fingerprint density at radius 3 is 0.857 bits per heavy atom. The molecule has 0 saturated heterocycles. The van der Waals surface area contributed by atoms with Crippen molar-refractivity contribution < 1.29 is 80.2 Å². The van der Waals surface area contributed by atoms with Crippen LogP contribution in [0.1, 0.15) is 336 Å². The van der Waals surface area contributed by atoms with Crippen molar-refractivity contribution in [2.24, 2.45) is 0 Å². The third-order valence-electron chi connectivity index (χ3n) is 16.4. The number of carbonyl (C=O) groups is 4. The van der Waals surface area contributed by atoms with Gasteiger partial charge in [0.05, 0.1) is 26.4 Å². The molecule has 5 atom stereocenters. The molecule has 0 aromatic heterocycles. The highest BCUT2D eigenvalue weighted by Crippen LogP contribution is 2.45. The van der Waals surface area contributed by atoms with Gasteiger partial charge in [-0.15, -0.1) is 0 Å². The Bertz CT molecular complexity index is 2190. The predicted octanol–water partition coefficient (Wildman–Crippen LogP) is 22.2. The van der Waals surface area contributed by atoms with Crippen LogP contribution in [0.5, 0.6) is 0 Å². The maximum absolute atomic E-state index is 13.1. The van der Waals surface area contributed by atoms with Gasteiger partial charge in [-0.2, -0.15) is 0 Å². The van der Waals surface area contributed by atoms with Gasteiger partial charge in [-0.1, -0.05) is 293 Å². The molecule has 0 aliphatic heterocycles. The lowest BCUT2D eigenvalue weighted by atomic mass is 10.0. The standard InChI is InChI=1S/C79H140O17P2/c1-5-9-13-17-21-25-29-32-34-35-36-37-39-42-45-48-52-56-60-64-77(82)89-69-74(95-78(83)65-61-57-53-49-43-28-24-20-16-12-8-4)71-93-97(85,86)91-67-73(80)68-92-98(87,88)94-72-75(96-79(84)66-62-58-54-50-46-40-31-27-23-19-15-11-7-3)70-90-76(81)63-59-55-51-47-44-41-38-33-30-26-22-18-14-10-6-2/h10,14,21-22,25-26,32-34,36-38,44,47,73-75,80H,5-9,11-13,15-20,23-24,27-31,35,39-43,45-46,48-72H2,1-4H3,(H,85,86)(H,87,88)/b14-10-,25-21-,26-22-,34-32-,37-36-,38-33-,47-44-. The van der Waals surface area contributed by atoms with Gasteiger partial charge >= 0.3 is 39.5 Å². The fraction of sp³-hybridized carbons (Fsp3) is 0.772. The van der Waals surface area contributed by atoms with Crippen LogP contribution in [0.25, 0.3) is 0 Å². The smallest absolute Gasteiger partial charge is 0.462 e. The summed E-state index contributed by atoms with van der Waals surface area (Å²) in [6.07, 6.45) is 72.9. The number of hydrogen-bond acceptors (Lipinski definition) is 15. The van der Waals surface area contributed by atoms with Crippen LogP contribution in [-0.2, 0) is 65.4 Å². The minimum atomic E-state index is -4.98. The van der Waals surface area contributed by atoms with Crippen molar-refractivity contribution in [1.82, 2.24) is 0 Å². The van der Waals surface area contributed by atoms with Crippen molar-refractivity contribution >= 4 is 39.5 Å². The topological polar surface area (TPSA) is 237 Å². The summed E-state index contributed by atoms with van der Waals surface area (Å²) in [4.78, 5) is 72.8. The molecule has 17 nitrogen and oxygen atoms in total. The summed E-state index contributed by atoms with van der Waals surface area (Å²) in [6.45, 7) is 4.70. The first-order valence-electron chi connectivity index (χ1n) is 38.8. The monoisotopic (exact) mass is 1420 g/mol. The van der Waals surface area contributed by atoms with Crippen LogP contribution < -0.4 is 0 Å². The minimum absolute atomic E-state index is 0.0900. The van der Waals surface area contributed by atoms with Gasteiger partial charge in [0.2, 0.25) is 0 Å². The summed E-state index contributed by atoms with van der Waals surface area (Å²) in [5.41, 5.74) is 0. The molecule has 0 heterocycles. The normalized spacial score (nSPS) is 14.4. The Morgan fingerprint density at radius 1 is 0.296 bits per heavy atom. The molecule has 0 aromatic rings. The second-order valence-electron chi connectivity index (χ2n) is 25.9. The van der Waals surface area contributed by atoms with Crippen LogP contribution in [0, 0.1) is 0 Å². The number of phosphoric acid groups is 2. The number of hydrogen-bond donors (Lipinski definition) is 3. The second kappa shape index (κ2) is 71.6. The zero-order valence-electron chi connectivity index (χ0n) is 62.0. The van der Waals surface area contributed by atoms with Gasteiger partial charge in [0.15, 0.2) is 12.2 Å². The third-order valence-corrected chi connectivity index (χ3v) is 18.3. The first kappa shape index (κ1) is 94.2. The highest BCUT2D eigenvalue weighted by Gasteiger charge is 2.30. The molecule has 3 N–H and O–H groups in total. The van der Waals surface area contributed by atoms with E-state index in [0.717, 1.165) is 148 Å². The van der Waals surface area contributed by atoms with Gasteiger partial charge in [-0.25, -0.2) is 9.13 Å². The van der Waals surface area contributed by atoms with Gasteiger partial charge < -0.3 is 33.8 Å². The Balaban J connectivity index is 5.32. The van der Waals surface area contributed by atoms with Gasteiger partial charge in [-0.05, 0) is 103 Å². The SMILES string of the molecule is CC/C=C\C/C=C\C/C=C\C/C=C\CCCCC(=O)OCC(COP(=O)(O)OCC(O)COP(=O)(O)OCC(COC(=O)CCCCCCCC/C=C\C/C=C\C/C=C\CCCCC)OC(=O)CCCCCCCCCCCCC)OC(=O)CCCCCCCCCCCCCCC.